The Bertz CT molecular complexity index is 646. The van der Waals surface area contributed by atoms with Gasteiger partial charge in [-0.3, -0.25) is 9.79 Å². The summed E-state index contributed by atoms with van der Waals surface area (Å²) in [5.41, 5.74) is 1.32. The van der Waals surface area contributed by atoms with Crippen molar-refractivity contribution in [3.8, 4) is 0 Å². The van der Waals surface area contributed by atoms with Crippen molar-refractivity contribution in [3.63, 3.8) is 0 Å². The van der Waals surface area contributed by atoms with Crippen LogP contribution in [0.25, 0.3) is 0 Å². The molecule has 28 heavy (non-hydrogen) atoms. The molecule has 6 nitrogen and oxygen atoms in total. The summed E-state index contributed by atoms with van der Waals surface area (Å²) in [6.45, 7) is 4.99. The third kappa shape index (κ3) is 6.59. The monoisotopic (exact) mass is 520 g/mol. The smallest absolute Gasteiger partial charge is 0.224 e. The van der Waals surface area contributed by atoms with E-state index in [9.17, 15) is 4.79 Å². The van der Waals surface area contributed by atoms with E-state index in [0.717, 1.165) is 70.4 Å². The van der Waals surface area contributed by atoms with Gasteiger partial charge in [-0.25, -0.2) is 0 Å². The highest BCUT2D eigenvalue weighted by Crippen LogP contribution is 2.24. The Balaban J connectivity index is 0.00000280. The van der Waals surface area contributed by atoms with Gasteiger partial charge in [0.1, 0.15) is 0 Å². The van der Waals surface area contributed by atoms with Crippen LogP contribution in [-0.2, 0) is 22.5 Å². The van der Waals surface area contributed by atoms with E-state index in [0.29, 0.717) is 13.0 Å². The third-order valence-electron chi connectivity index (χ3n) is 5.57. The minimum atomic E-state index is 0. The lowest BCUT2D eigenvalue weighted by Crippen LogP contribution is -2.42. The summed E-state index contributed by atoms with van der Waals surface area (Å²) in [6.07, 6.45) is 4.98. The Morgan fingerprint density at radius 1 is 1.43 bits per heavy atom. The van der Waals surface area contributed by atoms with Crippen LogP contribution in [0, 0.1) is 5.92 Å². The van der Waals surface area contributed by atoms with Gasteiger partial charge in [-0.1, -0.05) is 0 Å². The highest BCUT2D eigenvalue weighted by molar-refractivity contribution is 14.0. The van der Waals surface area contributed by atoms with Crippen LogP contribution in [0.15, 0.2) is 16.4 Å². The number of thiophene rings is 1. The van der Waals surface area contributed by atoms with Gasteiger partial charge >= 0.3 is 0 Å². The first-order chi connectivity index (χ1) is 13.2. The maximum atomic E-state index is 12.5. The molecule has 1 fully saturated rings. The quantitative estimate of drug-likeness (QED) is 0.356. The number of carbonyl (C=O) groups excluding carboxylic acids is 1. The number of guanidine groups is 1. The molecule has 8 heteroatoms. The summed E-state index contributed by atoms with van der Waals surface area (Å²) < 4.78 is 5.43. The van der Waals surface area contributed by atoms with Gasteiger partial charge in [0.15, 0.2) is 5.96 Å². The molecule has 1 amide bonds. The molecule has 0 atom stereocenters. The van der Waals surface area contributed by atoms with Crippen LogP contribution in [0.4, 0.5) is 0 Å². The van der Waals surface area contributed by atoms with Gasteiger partial charge in [0.05, 0.1) is 0 Å². The third-order valence-corrected chi connectivity index (χ3v) is 6.59. The summed E-state index contributed by atoms with van der Waals surface area (Å²) in [4.78, 5) is 22.5. The summed E-state index contributed by atoms with van der Waals surface area (Å²) >= 11 is 1.80. The fraction of sp³-hybridized carbons (Fsp3) is 0.700. The summed E-state index contributed by atoms with van der Waals surface area (Å²) in [7, 11) is 3.87. The number of ether oxygens (including phenoxy) is 1. The number of amides is 1. The molecule has 0 bridgehead atoms. The Labute approximate surface area is 189 Å². The largest absolute Gasteiger partial charge is 0.381 e. The Morgan fingerprint density at radius 3 is 2.96 bits per heavy atom. The van der Waals surface area contributed by atoms with Gasteiger partial charge in [-0.2, -0.15) is 0 Å². The van der Waals surface area contributed by atoms with Crippen molar-refractivity contribution >= 4 is 47.2 Å². The van der Waals surface area contributed by atoms with Crippen molar-refractivity contribution in [3.05, 3.63) is 21.9 Å². The van der Waals surface area contributed by atoms with Crippen LogP contribution in [0.1, 0.15) is 36.1 Å². The van der Waals surface area contributed by atoms with Crippen LogP contribution in [0.5, 0.6) is 0 Å². The van der Waals surface area contributed by atoms with Gasteiger partial charge < -0.3 is 19.9 Å². The van der Waals surface area contributed by atoms with Gasteiger partial charge in [-0.15, -0.1) is 35.3 Å². The average Bonchev–Trinajstić information content (AvgIpc) is 3.18. The van der Waals surface area contributed by atoms with Crippen LogP contribution >= 0.6 is 35.3 Å². The summed E-state index contributed by atoms with van der Waals surface area (Å²) in [5, 5.41) is 5.47. The minimum absolute atomic E-state index is 0. The van der Waals surface area contributed by atoms with E-state index in [2.05, 4.69) is 33.7 Å². The number of nitrogens with zero attached hydrogens (tertiary/aromatic N) is 3. The van der Waals surface area contributed by atoms with Crippen molar-refractivity contribution < 1.29 is 9.53 Å². The molecule has 2 aliphatic heterocycles. The van der Waals surface area contributed by atoms with E-state index in [1.807, 2.05) is 4.90 Å². The first-order valence-electron chi connectivity index (χ1n) is 10.00. The van der Waals surface area contributed by atoms with E-state index in [4.69, 9.17) is 4.74 Å². The van der Waals surface area contributed by atoms with E-state index < -0.39 is 0 Å². The van der Waals surface area contributed by atoms with Crippen molar-refractivity contribution in [2.24, 2.45) is 10.9 Å². The number of nitrogens with one attached hydrogen (secondary N) is 1. The number of rotatable bonds is 6. The van der Waals surface area contributed by atoms with Gasteiger partial charge in [0.2, 0.25) is 5.91 Å². The molecule has 0 aliphatic carbocycles. The first-order valence-corrected chi connectivity index (χ1v) is 10.9. The second kappa shape index (κ2) is 12.0. The zero-order valence-electron chi connectivity index (χ0n) is 17.0. The molecule has 1 aromatic rings. The maximum Gasteiger partial charge on any atom is 0.224 e. The number of halogens is 1. The molecule has 1 saturated heterocycles. The molecule has 2 aliphatic rings. The van der Waals surface area contributed by atoms with Gasteiger partial charge in [-0.05, 0) is 48.6 Å². The molecule has 0 radical (unpaired) electrons. The van der Waals surface area contributed by atoms with Crippen LogP contribution in [0.3, 0.4) is 0 Å². The lowest BCUT2D eigenvalue weighted by Gasteiger charge is -2.28. The van der Waals surface area contributed by atoms with Gasteiger partial charge in [0.25, 0.3) is 0 Å². The lowest BCUT2D eigenvalue weighted by atomic mass is 9.96. The second-order valence-corrected chi connectivity index (χ2v) is 8.42. The number of fused-ring (bicyclic) bond motifs is 1. The Kier molecular flexibility index (Phi) is 10.0. The van der Waals surface area contributed by atoms with E-state index in [1.54, 1.807) is 18.4 Å². The van der Waals surface area contributed by atoms with Crippen LogP contribution < -0.4 is 5.32 Å². The van der Waals surface area contributed by atoms with Crippen molar-refractivity contribution in [1.82, 2.24) is 15.1 Å². The fourth-order valence-corrected chi connectivity index (χ4v) is 4.69. The normalized spacial score (nSPS) is 17.6. The van der Waals surface area contributed by atoms with E-state index in [1.165, 1.54) is 10.4 Å². The lowest BCUT2D eigenvalue weighted by molar-refractivity contribution is -0.131. The second-order valence-electron chi connectivity index (χ2n) is 7.42. The molecule has 1 aromatic heterocycles. The first kappa shape index (κ1) is 23.4. The molecule has 0 saturated carbocycles. The van der Waals surface area contributed by atoms with Crippen LogP contribution in [0.2, 0.25) is 0 Å². The zero-order chi connectivity index (χ0) is 19.1. The Hall–Kier alpha value is -0.870. The number of aliphatic imine (C=N–C) groups is 1. The van der Waals surface area contributed by atoms with E-state index in [-0.39, 0.29) is 29.9 Å². The number of carbonyl (C=O) groups is 1. The standard InChI is InChI=1S/C20H32N4O2S.HI/c1-21-20(23(2)10-4-16-6-12-26-13-7-16)22-9-3-19(25)24-11-5-18-17(15-24)8-14-27-18;/h8,14,16H,3-7,9-13,15H2,1-2H3,(H,21,22);1H. The van der Waals surface area contributed by atoms with Crippen LogP contribution in [-0.4, -0.2) is 68.6 Å². The zero-order valence-corrected chi connectivity index (χ0v) is 20.1. The topological polar surface area (TPSA) is 57.2 Å². The predicted molar refractivity (Wildman–Crippen MR) is 126 cm³/mol. The molecular formula is C20H33IN4O2S. The SMILES string of the molecule is CN=C(NCCC(=O)N1CCc2sccc2C1)N(C)CCC1CCOCC1.I. The predicted octanol–water partition coefficient (Wildman–Crippen LogP) is 2.96. The van der Waals surface area contributed by atoms with Crippen molar-refractivity contribution in [2.75, 3.05) is 46.9 Å². The molecule has 158 valence electrons. The molecule has 1 N–H and O–H groups in total. The number of hydrogen-bond donors (Lipinski definition) is 1. The summed E-state index contributed by atoms with van der Waals surface area (Å²) in [6, 6.07) is 2.15. The molecule has 0 spiro atoms. The minimum Gasteiger partial charge on any atom is -0.381 e. The summed E-state index contributed by atoms with van der Waals surface area (Å²) in [5.74, 6) is 1.84. The van der Waals surface area contributed by atoms with Crippen molar-refractivity contribution in [2.45, 2.75) is 38.6 Å². The fourth-order valence-electron chi connectivity index (χ4n) is 3.80. The molecule has 0 unspecified atom stereocenters. The average molecular weight is 520 g/mol. The van der Waals surface area contributed by atoms with Gasteiger partial charge in [0, 0.05) is 64.8 Å². The molecular weight excluding hydrogens is 487 g/mol. The highest BCUT2D eigenvalue weighted by atomic mass is 127. The van der Waals surface area contributed by atoms with E-state index >= 15 is 0 Å². The molecule has 3 heterocycles. The highest BCUT2D eigenvalue weighted by Gasteiger charge is 2.21. The van der Waals surface area contributed by atoms with Crippen molar-refractivity contribution in [1.29, 1.82) is 0 Å². The Morgan fingerprint density at radius 2 is 2.21 bits per heavy atom. The number of hydrogen-bond acceptors (Lipinski definition) is 4. The molecule has 0 aromatic carbocycles. The maximum absolute atomic E-state index is 12.5. The molecule has 3 rings (SSSR count).